The molecule has 0 atom stereocenters. The van der Waals surface area contributed by atoms with E-state index in [4.69, 9.17) is 27.1 Å². The number of halogens is 1. The van der Waals surface area contributed by atoms with Gasteiger partial charge in [0.25, 0.3) is 5.91 Å². The topological polar surface area (TPSA) is 83.0 Å². The molecule has 6 nitrogen and oxygen atoms in total. The molecule has 31 heavy (non-hydrogen) atoms. The van der Waals surface area contributed by atoms with Crippen LogP contribution in [0.5, 0.6) is 5.75 Å². The van der Waals surface area contributed by atoms with Gasteiger partial charge in [-0.2, -0.15) is 0 Å². The maximum Gasteiger partial charge on any atom is 0.261 e. The number of rotatable bonds is 5. The third-order valence-corrected chi connectivity index (χ3v) is 6.82. The van der Waals surface area contributed by atoms with Gasteiger partial charge in [0.2, 0.25) is 0 Å². The number of fused-ring (bicyclic) bond motifs is 1. The van der Waals surface area contributed by atoms with Gasteiger partial charge in [-0.25, -0.2) is 9.97 Å². The summed E-state index contributed by atoms with van der Waals surface area (Å²) in [6.07, 6.45) is 7.87. The molecule has 2 N–H and O–H groups in total. The van der Waals surface area contributed by atoms with E-state index in [1.807, 2.05) is 34.9 Å². The number of aromatic nitrogens is 3. The first kappa shape index (κ1) is 20.0. The molecule has 1 amide bonds. The molecule has 0 spiro atoms. The van der Waals surface area contributed by atoms with E-state index < -0.39 is 5.91 Å². The Balaban J connectivity index is 1.55. The van der Waals surface area contributed by atoms with E-state index >= 15 is 0 Å². The Morgan fingerprint density at radius 3 is 2.77 bits per heavy atom. The fourth-order valence-corrected chi connectivity index (χ4v) is 5.11. The van der Waals surface area contributed by atoms with Gasteiger partial charge in [0.05, 0.1) is 22.8 Å². The van der Waals surface area contributed by atoms with Crippen molar-refractivity contribution in [2.45, 2.75) is 38.2 Å². The molecule has 0 saturated heterocycles. The molecule has 5 rings (SSSR count). The van der Waals surface area contributed by atoms with E-state index in [0.29, 0.717) is 20.7 Å². The van der Waals surface area contributed by atoms with Crippen LogP contribution in [0.15, 0.2) is 48.8 Å². The van der Waals surface area contributed by atoms with Gasteiger partial charge in [0.1, 0.15) is 17.0 Å². The van der Waals surface area contributed by atoms with Gasteiger partial charge >= 0.3 is 0 Å². The number of hydrogen-bond donors (Lipinski definition) is 1. The van der Waals surface area contributed by atoms with Gasteiger partial charge in [-0.1, -0.05) is 41.5 Å². The molecule has 0 bridgehead atoms. The van der Waals surface area contributed by atoms with Crippen LogP contribution in [0.4, 0.5) is 0 Å². The van der Waals surface area contributed by atoms with Crippen LogP contribution in [0.25, 0.3) is 27.4 Å². The van der Waals surface area contributed by atoms with Crippen molar-refractivity contribution in [3.05, 3.63) is 58.7 Å². The molecular formula is C23H21ClN4O2S. The lowest BCUT2D eigenvalue weighted by Gasteiger charge is -2.23. The number of benzene rings is 2. The molecule has 8 heteroatoms. The molecule has 1 aliphatic carbocycles. The number of nitrogens with zero attached hydrogens (tertiary/aromatic N) is 3. The van der Waals surface area contributed by atoms with Crippen LogP contribution in [0.2, 0.25) is 5.02 Å². The summed E-state index contributed by atoms with van der Waals surface area (Å²) in [6.45, 7) is 0. The zero-order valence-corrected chi connectivity index (χ0v) is 18.3. The average molecular weight is 453 g/mol. The second-order valence-corrected chi connectivity index (χ2v) is 9.11. The normalized spacial score (nSPS) is 14.7. The van der Waals surface area contributed by atoms with E-state index in [1.54, 1.807) is 18.5 Å². The third-order valence-electron chi connectivity index (χ3n) is 5.52. The van der Waals surface area contributed by atoms with Gasteiger partial charge in [0, 0.05) is 16.7 Å². The number of ether oxygens (including phenoxy) is 1. The molecule has 1 aliphatic rings. The second-order valence-electron chi connectivity index (χ2n) is 7.69. The Morgan fingerprint density at radius 1 is 1.16 bits per heavy atom. The first-order valence-corrected chi connectivity index (χ1v) is 11.5. The molecule has 2 aromatic carbocycles. The van der Waals surface area contributed by atoms with Crippen molar-refractivity contribution in [3.63, 3.8) is 0 Å². The SMILES string of the molecule is NC(=O)c1sc(-n2cnc3ccc(OC4CCCCC4)cc32)nc1-c1cccc(Cl)c1. The molecule has 0 radical (unpaired) electrons. The summed E-state index contributed by atoms with van der Waals surface area (Å²) in [5, 5.41) is 1.18. The summed E-state index contributed by atoms with van der Waals surface area (Å²) in [4.78, 5) is 21.7. The second kappa shape index (κ2) is 8.32. The quantitative estimate of drug-likeness (QED) is 0.426. The van der Waals surface area contributed by atoms with E-state index in [9.17, 15) is 4.79 Å². The molecule has 0 aliphatic heterocycles. The number of nitrogens with two attached hydrogens (primary N) is 1. The van der Waals surface area contributed by atoms with Gasteiger partial charge in [-0.15, -0.1) is 0 Å². The monoisotopic (exact) mass is 452 g/mol. The van der Waals surface area contributed by atoms with Crippen LogP contribution < -0.4 is 10.5 Å². The van der Waals surface area contributed by atoms with Crippen LogP contribution in [0, 0.1) is 0 Å². The highest BCUT2D eigenvalue weighted by Gasteiger charge is 2.20. The van der Waals surface area contributed by atoms with Crippen molar-refractivity contribution in [2.75, 3.05) is 0 Å². The zero-order chi connectivity index (χ0) is 21.4. The van der Waals surface area contributed by atoms with Crippen LogP contribution in [0.1, 0.15) is 41.8 Å². The van der Waals surface area contributed by atoms with Gasteiger partial charge in [-0.05, 0) is 49.9 Å². The van der Waals surface area contributed by atoms with Crippen LogP contribution in [0.3, 0.4) is 0 Å². The highest BCUT2D eigenvalue weighted by Crippen LogP contribution is 2.33. The maximum absolute atomic E-state index is 12.1. The lowest BCUT2D eigenvalue weighted by molar-refractivity contribution is 0.100. The summed E-state index contributed by atoms with van der Waals surface area (Å²) < 4.78 is 8.10. The fourth-order valence-electron chi connectivity index (χ4n) is 4.00. The van der Waals surface area contributed by atoms with Crippen molar-refractivity contribution in [1.82, 2.24) is 14.5 Å². The summed E-state index contributed by atoms with van der Waals surface area (Å²) in [5.41, 5.74) is 8.62. The van der Waals surface area contributed by atoms with Crippen molar-refractivity contribution in [1.29, 1.82) is 0 Å². The number of carbonyl (C=O) groups is 1. The minimum absolute atomic E-state index is 0.262. The predicted octanol–water partition coefficient (Wildman–Crippen LogP) is 5.61. The number of hydrogen-bond acceptors (Lipinski definition) is 5. The minimum Gasteiger partial charge on any atom is -0.490 e. The predicted molar refractivity (Wildman–Crippen MR) is 123 cm³/mol. The Kier molecular flexibility index (Phi) is 5.38. The molecule has 1 saturated carbocycles. The Labute approximate surface area is 188 Å². The molecule has 2 aromatic heterocycles. The van der Waals surface area contributed by atoms with Crippen LogP contribution >= 0.6 is 22.9 Å². The van der Waals surface area contributed by atoms with Gasteiger partial charge < -0.3 is 10.5 Å². The van der Waals surface area contributed by atoms with E-state index in [2.05, 4.69) is 4.98 Å². The number of imidazole rings is 1. The smallest absolute Gasteiger partial charge is 0.261 e. The largest absolute Gasteiger partial charge is 0.490 e. The summed E-state index contributed by atoms with van der Waals surface area (Å²) in [6, 6.07) is 13.1. The number of amides is 1. The Bertz CT molecular complexity index is 1260. The van der Waals surface area contributed by atoms with Crippen molar-refractivity contribution < 1.29 is 9.53 Å². The summed E-state index contributed by atoms with van der Waals surface area (Å²) in [7, 11) is 0. The molecule has 158 valence electrons. The lowest BCUT2D eigenvalue weighted by atomic mass is 9.98. The Morgan fingerprint density at radius 2 is 2.00 bits per heavy atom. The average Bonchev–Trinajstić information content (AvgIpc) is 3.39. The van der Waals surface area contributed by atoms with E-state index in [0.717, 1.165) is 35.2 Å². The van der Waals surface area contributed by atoms with Gasteiger partial charge in [-0.3, -0.25) is 9.36 Å². The lowest BCUT2D eigenvalue weighted by Crippen LogP contribution is -2.19. The van der Waals surface area contributed by atoms with E-state index in [1.165, 1.54) is 30.6 Å². The van der Waals surface area contributed by atoms with Crippen molar-refractivity contribution >= 4 is 39.9 Å². The van der Waals surface area contributed by atoms with E-state index in [-0.39, 0.29) is 6.10 Å². The number of thiazole rings is 1. The van der Waals surface area contributed by atoms with Crippen molar-refractivity contribution in [2.24, 2.45) is 5.73 Å². The summed E-state index contributed by atoms with van der Waals surface area (Å²) >= 11 is 7.37. The zero-order valence-electron chi connectivity index (χ0n) is 16.8. The molecular weight excluding hydrogens is 432 g/mol. The maximum atomic E-state index is 12.1. The third kappa shape index (κ3) is 4.03. The van der Waals surface area contributed by atoms with Crippen molar-refractivity contribution in [3.8, 4) is 22.1 Å². The molecule has 1 fully saturated rings. The standard InChI is InChI=1S/C23H21ClN4O2S/c24-15-6-4-5-14(11-15)20-21(22(25)29)31-23(27-20)28-13-26-18-10-9-17(12-19(18)28)30-16-7-2-1-3-8-16/h4-6,9-13,16H,1-3,7-8H2,(H2,25,29). The van der Waals surface area contributed by atoms with Crippen LogP contribution in [-0.4, -0.2) is 26.5 Å². The number of primary amides is 1. The fraction of sp³-hybridized carbons (Fsp3) is 0.261. The Hall–Kier alpha value is -2.90. The summed E-state index contributed by atoms with van der Waals surface area (Å²) in [5.74, 6) is 0.298. The number of carbonyl (C=O) groups excluding carboxylic acids is 1. The first-order valence-electron chi connectivity index (χ1n) is 10.3. The van der Waals surface area contributed by atoms with Gasteiger partial charge in [0.15, 0.2) is 5.13 Å². The molecule has 4 aromatic rings. The first-order chi connectivity index (χ1) is 15.1. The molecule has 2 heterocycles. The highest BCUT2D eigenvalue weighted by atomic mass is 35.5. The molecule has 0 unspecified atom stereocenters. The highest BCUT2D eigenvalue weighted by molar-refractivity contribution is 7.16. The van der Waals surface area contributed by atoms with Crippen LogP contribution in [-0.2, 0) is 0 Å². The minimum atomic E-state index is -0.524.